The summed E-state index contributed by atoms with van der Waals surface area (Å²) in [6.07, 6.45) is 0.122. The van der Waals surface area contributed by atoms with E-state index in [4.69, 9.17) is 4.74 Å². The molecule has 0 atom stereocenters. The Balaban J connectivity index is 2.00. The molecule has 10 heteroatoms. The number of ether oxygens (including phenoxy) is 1. The van der Waals surface area contributed by atoms with Crippen LogP contribution in [0.15, 0.2) is 18.2 Å². The van der Waals surface area contributed by atoms with E-state index in [-0.39, 0.29) is 49.5 Å². The maximum atomic E-state index is 14.5. The summed E-state index contributed by atoms with van der Waals surface area (Å²) in [6, 6.07) is 3.64. The van der Waals surface area contributed by atoms with Crippen LogP contribution >= 0.6 is 0 Å². The molecule has 1 aliphatic rings. The number of carbonyl (C=O) groups excluding carboxylic acids is 1. The van der Waals surface area contributed by atoms with Gasteiger partial charge in [-0.15, -0.1) is 0 Å². The lowest BCUT2D eigenvalue weighted by atomic mass is 10.1. The average molecular weight is 450 g/mol. The molecule has 1 saturated heterocycles. The smallest absolute Gasteiger partial charge is 0.337 e. The molecule has 2 N–H and O–H groups in total. The number of nitrogens with zero attached hydrogens (tertiary/aromatic N) is 1. The Kier molecular flexibility index (Phi) is 7.00. The van der Waals surface area contributed by atoms with Crippen molar-refractivity contribution in [2.75, 3.05) is 36.5 Å². The highest BCUT2D eigenvalue weighted by molar-refractivity contribution is 6.00. The molecule has 1 fully saturated rings. The minimum absolute atomic E-state index is 0.00812. The third-order valence-electron chi connectivity index (χ3n) is 4.74. The molecule has 1 aliphatic heterocycles. The number of morpholine rings is 1. The van der Waals surface area contributed by atoms with Crippen LogP contribution in [0, 0.1) is 35.1 Å². The summed E-state index contributed by atoms with van der Waals surface area (Å²) < 4.78 is 63.2. The van der Waals surface area contributed by atoms with Crippen molar-refractivity contribution in [2.45, 2.75) is 13.3 Å². The molecule has 168 valence electrons. The van der Waals surface area contributed by atoms with Gasteiger partial charge in [0.25, 0.3) is 0 Å². The zero-order valence-corrected chi connectivity index (χ0v) is 16.9. The molecule has 0 aromatic heterocycles. The molecule has 3 rings (SSSR count). The fraction of sp³-hybridized carbons (Fsp3) is 0.273. The molecule has 0 saturated carbocycles. The van der Waals surface area contributed by atoms with E-state index in [2.05, 4.69) is 11.2 Å². The van der Waals surface area contributed by atoms with Crippen molar-refractivity contribution in [1.82, 2.24) is 0 Å². The van der Waals surface area contributed by atoms with Crippen LogP contribution in [0.1, 0.15) is 34.8 Å². The number of benzene rings is 2. The van der Waals surface area contributed by atoms with Crippen molar-refractivity contribution in [1.29, 1.82) is 0 Å². The summed E-state index contributed by atoms with van der Waals surface area (Å²) >= 11 is 0. The lowest BCUT2D eigenvalue weighted by Gasteiger charge is -2.29. The summed E-state index contributed by atoms with van der Waals surface area (Å²) in [7, 11) is 0. The van der Waals surface area contributed by atoms with Gasteiger partial charge < -0.3 is 20.1 Å². The van der Waals surface area contributed by atoms with E-state index in [1.165, 1.54) is 12.1 Å². The number of rotatable bonds is 4. The van der Waals surface area contributed by atoms with Crippen LogP contribution in [-0.4, -0.2) is 43.3 Å². The number of carboxylic acid groups (broad SMARTS) is 1. The average Bonchev–Trinajstić information content (AvgIpc) is 2.79. The van der Waals surface area contributed by atoms with E-state index < -0.39 is 46.4 Å². The van der Waals surface area contributed by atoms with Crippen LogP contribution in [0.2, 0.25) is 0 Å². The second-order valence-corrected chi connectivity index (χ2v) is 6.80. The SMILES string of the molecule is CCC(=O)Nc1ccc(C#Cc2c(F)c(F)c(N3CCOCC3)c(F)c2F)cc1C(=O)O. The van der Waals surface area contributed by atoms with Gasteiger partial charge >= 0.3 is 5.97 Å². The fourth-order valence-electron chi connectivity index (χ4n) is 3.08. The zero-order valence-electron chi connectivity index (χ0n) is 16.9. The molecule has 32 heavy (non-hydrogen) atoms. The predicted molar refractivity (Wildman–Crippen MR) is 108 cm³/mol. The van der Waals surface area contributed by atoms with Gasteiger partial charge in [0.2, 0.25) is 5.91 Å². The third-order valence-corrected chi connectivity index (χ3v) is 4.74. The van der Waals surface area contributed by atoms with Crippen LogP contribution in [0.4, 0.5) is 28.9 Å². The molecule has 2 aromatic rings. The van der Waals surface area contributed by atoms with Crippen molar-refractivity contribution >= 4 is 23.3 Å². The van der Waals surface area contributed by atoms with E-state index >= 15 is 0 Å². The van der Waals surface area contributed by atoms with Gasteiger partial charge in [-0.25, -0.2) is 22.4 Å². The van der Waals surface area contributed by atoms with Gasteiger partial charge in [-0.05, 0) is 18.2 Å². The highest BCUT2D eigenvalue weighted by atomic mass is 19.2. The van der Waals surface area contributed by atoms with Gasteiger partial charge in [0.05, 0.1) is 24.5 Å². The van der Waals surface area contributed by atoms with E-state index in [0.717, 1.165) is 11.0 Å². The standard InChI is InChI=1S/C22H18F4N2O4/c1-2-16(29)27-15-6-4-12(11-14(15)22(30)31)3-5-13-17(23)19(25)21(20(26)18(13)24)28-7-9-32-10-8-28/h4,6,11H,2,7-10H2,1H3,(H,27,29)(H,30,31). The van der Waals surface area contributed by atoms with E-state index in [0.29, 0.717) is 0 Å². The Morgan fingerprint density at radius 1 is 1.06 bits per heavy atom. The second-order valence-electron chi connectivity index (χ2n) is 6.80. The molecule has 0 unspecified atom stereocenters. The number of nitrogens with one attached hydrogen (secondary N) is 1. The van der Waals surface area contributed by atoms with Gasteiger partial charge in [0, 0.05) is 25.1 Å². The summed E-state index contributed by atoms with van der Waals surface area (Å²) in [5, 5.41) is 11.8. The lowest BCUT2D eigenvalue weighted by molar-refractivity contribution is -0.115. The summed E-state index contributed by atoms with van der Waals surface area (Å²) in [6.45, 7) is 2.03. The lowest BCUT2D eigenvalue weighted by Crippen LogP contribution is -2.37. The van der Waals surface area contributed by atoms with Gasteiger partial charge in [0.1, 0.15) is 11.3 Å². The molecule has 6 nitrogen and oxygen atoms in total. The number of hydrogen-bond acceptors (Lipinski definition) is 4. The van der Waals surface area contributed by atoms with E-state index in [9.17, 15) is 32.3 Å². The van der Waals surface area contributed by atoms with Crippen LogP contribution in [0.25, 0.3) is 0 Å². The fourth-order valence-corrected chi connectivity index (χ4v) is 3.08. The Bertz CT molecular complexity index is 1110. The summed E-state index contributed by atoms with van der Waals surface area (Å²) in [4.78, 5) is 24.2. The Morgan fingerprint density at radius 2 is 1.69 bits per heavy atom. The Morgan fingerprint density at radius 3 is 2.25 bits per heavy atom. The zero-order chi connectivity index (χ0) is 23.4. The van der Waals surface area contributed by atoms with Gasteiger partial charge in [-0.3, -0.25) is 4.79 Å². The minimum Gasteiger partial charge on any atom is -0.478 e. The van der Waals surface area contributed by atoms with Gasteiger partial charge in [-0.2, -0.15) is 0 Å². The quantitative estimate of drug-likeness (QED) is 0.424. The highest BCUT2D eigenvalue weighted by Gasteiger charge is 2.29. The largest absolute Gasteiger partial charge is 0.478 e. The van der Waals surface area contributed by atoms with Gasteiger partial charge in [0.15, 0.2) is 23.3 Å². The van der Waals surface area contributed by atoms with Crippen molar-refractivity contribution in [3.63, 3.8) is 0 Å². The minimum atomic E-state index is -1.65. The van der Waals surface area contributed by atoms with Crippen LogP contribution < -0.4 is 10.2 Å². The third kappa shape index (κ3) is 4.68. The van der Waals surface area contributed by atoms with Crippen LogP contribution in [0.5, 0.6) is 0 Å². The van der Waals surface area contributed by atoms with Crippen molar-refractivity contribution < 1.29 is 37.0 Å². The maximum Gasteiger partial charge on any atom is 0.337 e. The number of hydrogen-bond donors (Lipinski definition) is 2. The highest BCUT2D eigenvalue weighted by Crippen LogP contribution is 2.31. The van der Waals surface area contributed by atoms with Gasteiger partial charge in [-0.1, -0.05) is 18.8 Å². The summed E-state index contributed by atoms with van der Waals surface area (Å²) in [5.74, 6) is -3.87. The molecule has 2 aromatic carbocycles. The molecular weight excluding hydrogens is 432 g/mol. The predicted octanol–water partition coefficient (Wildman–Crippen LogP) is 3.53. The van der Waals surface area contributed by atoms with Crippen molar-refractivity contribution in [2.24, 2.45) is 0 Å². The monoisotopic (exact) mass is 450 g/mol. The Labute approximate surface area is 180 Å². The first kappa shape index (κ1) is 23.1. The molecule has 0 bridgehead atoms. The normalized spacial score (nSPS) is 13.3. The second kappa shape index (κ2) is 9.70. The van der Waals surface area contributed by atoms with Crippen LogP contribution in [-0.2, 0) is 9.53 Å². The molecule has 1 heterocycles. The van der Waals surface area contributed by atoms with Crippen LogP contribution in [0.3, 0.4) is 0 Å². The van der Waals surface area contributed by atoms with Crippen molar-refractivity contribution in [3.8, 4) is 11.8 Å². The number of carbonyl (C=O) groups is 2. The van der Waals surface area contributed by atoms with Crippen molar-refractivity contribution in [3.05, 3.63) is 58.2 Å². The number of amides is 1. The maximum absolute atomic E-state index is 14.5. The summed E-state index contributed by atoms with van der Waals surface area (Å²) in [5.41, 5.74) is -2.22. The number of aromatic carboxylic acids is 1. The first-order chi connectivity index (χ1) is 15.2. The molecular formula is C22H18F4N2O4. The van der Waals surface area contributed by atoms with E-state index in [1.807, 2.05) is 5.92 Å². The number of carboxylic acids is 1. The molecule has 0 spiro atoms. The number of halogens is 4. The molecule has 0 radical (unpaired) electrons. The number of anilines is 2. The van der Waals surface area contributed by atoms with E-state index in [1.54, 1.807) is 6.92 Å². The molecule has 0 aliphatic carbocycles. The Hall–Kier alpha value is -3.58. The molecule has 1 amide bonds. The first-order valence-electron chi connectivity index (χ1n) is 9.62. The first-order valence-corrected chi connectivity index (χ1v) is 9.62. The topological polar surface area (TPSA) is 78.9 Å².